The van der Waals surface area contributed by atoms with Gasteiger partial charge < -0.3 is 14.2 Å². The zero-order valence-electron chi connectivity index (χ0n) is 16.8. The van der Waals surface area contributed by atoms with Crippen LogP contribution >= 0.6 is 0 Å². The van der Waals surface area contributed by atoms with Crippen molar-refractivity contribution < 1.29 is 14.2 Å². The maximum absolute atomic E-state index is 6.09. The van der Waals surface area contributed by atoms with E-state index >= 15 is 0 Å². The Hall–Kier alpha value is -2.92. The van der Waals surface area contributed by atoms with Crippen LogP contribution in [0.3, 0.4) is 0 Å². The van der Waals surface area contributed by atoms with Crippen molar-refractivity contribution in [2.45, 2.75) is 26.2 Å². The lowest BCUT2D eigenvalue weighted by molar-refractivity contribution is 0.105. The fraction of sp³-hybridized carbons (Fsp3) is 0.304. The summed E-state index contributed by atoms with van der Waals surface area (Å²) in [5.41, 5.74) is 2.80. The predicted molar refractivity (Wildman–Crippen MR) is 110 cm³/mol. The first-order valence-corrected chi connectivity index (χ1v) is 9.35. The molecule has 28 heavy (non-hydrogen) atoms. The number of methoxy groups -OCH3 is 1. The second-order valence-corrected chi connectivity index (χ2v) is 7.06. The van der Waals surface area contributed by atoms with Crippen LogP contribution in [0.2, 0.25) is 0 Å². The molecule has 3 rings (SSSR count). The maximum atomic E-state index is 6.09. The van der Waals surface area contributed by atoms with Crippen molar-refractivity contribution in [2.24, 2.45) is 0 Å². The van der Waals surface area contributed by atoms with Crippen LogP contribution < -0.4 is 9.47 Å². The highest BCUT2D eigenvalue weighted by molar-refractivity contribution is 5.73. The van der Waals surface area contributed by atoms with Gasteiger partial charge in [0.2, 0.25) is 11.8 Å². The lowest BCUT2D eigenvalue weighted by Gasteiger charge is -2.25. The molecule has 0 aliphatic carbocycles. The van der Waals surface area contributed by atoms with Crippen molar-refractivity contribution in [3.63, 3.8) is 0 Å². The van der Waals surface area contributed by atoms with E-state index in [4.69, 9.17) is 14.2 Å². The van der Waals surface area contributed by atoms with E-state index in [2.05, 4.69) is 35.9 Å². The molecule has 0 N–H and O–H groups in total. The second-order valence-electron chi connectivity index (χ2n) is 7.06. The van der Waals surface area contributed by atoms with Crippen LogP contribution in [-0.4, -0.2) is 30.3 Å². The van der Waals surface area contributed by atoms with Crippen molar-refractivity contribution in [1.29, 1.82) is 0 Å². The Morgan fingerprint density at radius 3 is 2.07 bits per heavy atom. The molecule has 0 amide bonds. The Balaban J connectivity index is 1.85. The van der Waals surface area contributed by atoms with Crippen molar-refractivity contribution in [1.82, 2.24) is 9.97 Å². The lowest BCUT2D eigenvalue weighted by Crippen LogP contribution is -2.24. The van der Waals surface area contributed by atoms with Crippen LogP contribution in [0.5, 0.6) is 17.5 Å². The first-order valence-electron chi connectivity index (χ1n) is 9.35. The standard InChI is InChI=1S/C23H26N2O3/c1-5-27-16-23(2,3)17-10-12-18(13-11-17)28-22-20(9-7-15-25-22)19-8-6-14-24-21(19)26-4/h6-15H,5,16H2,1-4H3. The third-order valence-electron chi connectivity index (χ3n) is 4.54. The number of aromatic nitrogens is 2. The highest BCUT2D eigenvalue weighted by Crippen LogP contribution is 2.36. The van der Waals surface area contributed by atoms with Gasteiger partial charge in [-0.05, 0) is 48.9 Å². The Morgan fingerprint density at radius 2 is 1.46 bits per heavy atom. The van der Waals surface area contributed by atoms with Gasteiger partial charge in [-0.25, -0.2) is 9.97 Å². The normalized spacial score (nSPS) is 11.3. The van der Waals surface area contributed by atoms with Crippen LogP contribution in [-0.2, 0) is 10.2 Å². The summed E-state index contributed by atoms with van der Waals surface area (Å²) in [7, 11) is 1.60. The number of nitrogens with zero attached hydrogens (tertiary/aromatic N) is 2. The largest absolute Gasteiger partial charge is 0.481 e. The zero-order valence-corrected chi connectivity index (χ0v) is 16.8. The minimum atomic E-state index is -0.0617. The van der Waals surface area contributed by atoms with Gasteiger partial charge in [-0.1, -0.05) is 26.0 Å². The minimum absolute atomic E-state index is 0.0617. The first kappa shape index (κ1) is 19.8. The van der Waals surface area contributed by atoms with E-state index in [1.165, 1.54) is 5.56 Å². The molecule has 0 unspecified atom stereocenters. The summed E-state index contributed by atoms with van der Waals surface area (Å²) in [4.78, 5) is 8.68. The fourth-order valence-electron chi connectivity index (χ4n) is 2.96. The molecule has 146 valence electrons. The molecule has 0 spiro atoms. The maximum Gasteiger partial charge on any atom is 0.227 e. The highest BCUT2D eigenvalue weighted by atomic mass is 16.5. The molecule has 0 bridgehead atoms. The van der Waals surface area contributed by atoms with Crippen molar-refractivity contribution in [3.05, 3.63) is 66.5 Å². The van der Waals surface area contributed by atoms with Crippen LogP contribution in [0.1, 0.15) is 26.3 Å². The molecule has 0 radical (unpaired) electrons. The summed E-state index contributed by atoms with van der Waals surface area (Å²) >= 11 is 0. The molecule has 2 heterocycles. The van der Waals surface area contributed by atoms with Gasteiger partial charge in [-0.15, -0.1) is 0 Å². The Labute approximate surface area is 166 Å². The van der Waals surface area contributed by atoms with E-state index in [-0.39, 0.29) is 5.41 Å². The smallest absolute Gasteiger partial charge is 0.227 e. The van der Waals surface area contributed by atoms with E-state index < -0.39 is 0 Å². The molecule has 0 atom stereocenters. The average Bonchev–Trinajstić information content (AvgIpc) is 2.73. The summed E-state index contributed by atoms with van der Waals surface area (Å²) in [5, 5.41) is 0. The fourth-order valence-corrected chi connectivity index (χ4v) is 2.96. The van der Waals surface area contributed by atoms with Gasteiger partial charge in [0.25, 0.3) is 0 Å². The average molecular weight is 378 g/mol. The van der Waals surface area contributed by atoms with E-state index in [0.29, 0.717) is 25.0 Å². The van der Waals surface area contributed by atoms with Gasteiger partial charge in [0.1, 0.15) is 5.75 Å². The first-order chi connectivity index (χ1) is 13.5. The van der Waals surface area contributed by atoms with Crippen LogP contribution in [0.25, 0.3) is 11.1 Å². The molecule has 0 aliphatic heterocycles. The van der Waals surface area contributed by atoms with Crippen LogP contribution in [0.15, 0.2) is 60.9 Å². The molecular weight excluding hydrogens is 352 g/mol. The summed E-state index contributed by atoms with van der Waals surface area (Å²) < 4.78 is 17.1. The van der Waals surface area contributed by atoms with E-state index in [1.807, 2.05) is 43.3 Å². The molecule has 0 saturated heterocycles. The number of hydrogen-bond donors (Lipinski definition) is 0. The number of pyridine rings is 2. The molecular formula is C23H26N2O3. The predicted octanol–water partition coefficient (Wildman–Crippen LogP) is 5.26. The molecule has 3 aromatic rings. The summed E-state index contributed by atoms with van der Waals surface area (Å²) in [6.45, 7) is 7.74. The minimum Gasteiger partial charge on any atom is -0.481 e. The second kappa shape index (κ2) is 8.85. The lowest BCUT2D eigenvalue weighted by atomic mass is 9.85. The van der Waals surface area contributed by atoms with E-state index in [9.17, 15) is 0 Å². The SMILES string of the molecule is CCOCC(C)(C)c1ccc(Oc2ncccc2-c2cccnc2OC)cc1. The summed E-state index contributed by atoms with van der Waals surface area (Å²) in [6, 6.07) is 15.7. The summed E-state index contributed by atoms with van der Waals surface area (Å²) in [5.74, 6) is 1.77. The van der Waals surface area contributed by atoms with Crippen molar-refractivity contribution >= 4 is 0 Å². The molecule has 5 heteroatoms. The highest BCUT2D eigenvalue weighted by Gasteiger charge is 2.21. The van der Waals surface area contributed by atoms with Crippen LogP contribution in [0.4, 0.5) is 0 Å². The number of hydrogen-bond acceptors (Lipinski definition) is 5. The number of benzene rings is 1. The zero-order chi connectivity index (χ0) is 20.0. The van der Waals surface area contributed by atoms with E-state index in [0.717, 1.165) is 16.9 Å². The van der Waals surface area contributed by atoms with Gasteiger partial charge in [-0.3, -0.25) is 0 Å². The molecule has 5 nitrogen and oxygen atoms in total. The quantitative estimate of drug-likeness (QED) is 0.535. The number of ether oxygens (including phenoxy) is 3. The molecule has 2 aromatic heterocycles. The number of rotatable bonds is 8. The molecule has 0 saturated carbocycles. The Bertz CT molecular complexity index is 908. The van der Waals surface area contributed by atoms with Gasteiger partial charge in [0.05, 0.1) is 13.7 Å². The molecule has 0 aliphatic rings. The summed E-state index contributed by atoms with van der Waals surface area (Å²) in [6.07, 6.45) is 3.41. The van der Waals surface area contributed by atoms with Gasteiger partial charge in [0.15, 0.2) is 0 Å². The Kier molecular flexibility index (Phi) is 6.26. The van der Waals surface area contributed by atoms with Crippen molar-refractivity contribution in [3.8, 4) is 28.6 Å². The molecule has 0 fully saturated rings. The molecule has 1 aromatic carbocycles. The third kappa shape index (κ3) is 4.49. The van der Waals surface area contributed by atoms with E-state index in [1.54, 1.807) is 19.5 Å². The van der Waals surface area contributed by atoms with Crippen LogP contribution in [0, 0.1) is 0 Å². The van der Waals surface area contributed by atoms with Gasteiger partial charge >= 0.3 is 0 Å². The Morgan fingerprint density at radius 1 is 0.857 bits per heavy atom. The van der Waals surface area contributed by atoms with Gasteiger partial charge in [0, 0.05) is 35.5 Å². The monoisotopic (exact) mass is 378 g/mol. The topological polar surface area (TPSA) is 53.5 Å². The van der Waals surface area contributed by atoms with Crippen molar-refractivity contribution in [2.75, 3.05) is 20.3 Å². The third-order valence-corrected chi connectivity index (χ3v) is 4.54. The van der Waals surface area contributed by atoms with Gasteiger partial charge in [-0.2, -0.15) is 0 Å².